The van der Waals surface area contributed by atoms with E-state index in [4.69, 9.17) is 5.26 Å². The summed E-state index contributed by atoms with van der Waals surface area (Å²) in [5, 5.41) is 8.25. The third-order valence-electron chi connectivity index (χ3n) is 2.43. The van der Waals surface area contributed by atoms with E-state index < -0.39 is 15.8 Å². The van der Waals surface area contributed by atoms with Gasteiger partial charge in [-0.2, -0.15) is 5.26 Å². The van der Waals surface area contributed by atoms with Gasteiger partial charge in [0.15, 0.2) is 5.75 Å². The smallest absolute Gasteiger partial charge is 0.225 e. The van der Waals surface area contributed by atoms with Crippen LogP contribution < -0.4 is 4.72 Å². The van der Waals surface area contributed by atoms with Crippen LogP contribution in [0.4, 0.5) is 0 Å². The lowest BCUT2D eigenvalue weighted by atomic mass is 10.4. The number of hydrogen-bond donors (Lipinski definition) is 1. The summed E-state index contributed by atoms with van der Waals surface area (Å²) in [4.78, 5) is 2.33. The quantitative estimate of drug-likeness (QED) is 0.649. The zero-order valence-electron chi connectivity index (χ0n) is 8.78. The summed E-state index contributed by atoms with van der Waals surface area (Å²) >= 11 is 0. The molecule has 0 radical (unpaired) electrons. The number of nitriles is 1. The highest BCUT2D eigenvalue weighted by Crippen LogP contribution is 2.06. The van der Waals surface area contributed by atoms with Gasteiger partial charge in [-0.3, -0.25) is 0 Å². The fraction of sp³-hybridized carbons (Fsp3) is 0.889. The highest BCUT2D eigenvalue weighted by molar-refractivity contribution is 7.89. The first-order valence-corrected chi connectivity index (χ1v) is 6.86. The first-order valence-electron chi connectivity index (χ1n) is 5.21. The Bertz CT molecular complexity index is 315. The predicted molar refractivity (Wildman–Crippen MR) is 57.7 cm³/mol. The second-order valence-corrected chi connectivity index (χ2v) is 5.52. The Hall–Kier alpha value is -0.640. The third-order valence-corrected chi connectivity index (χ3v) is 3.58. The maximum Gasteiger partial charge on any atom is 0.225 e. The minimum Gasteiger partial charge on any atom is -0.303 e. The van der Waals surface area contributed by atoms with Crippen LogP contribution in [0.15, 0.2) is 0 Å². The number of hydrogen-bond acceptors (Lipinski definition) is 4. The molecule has 0 unspecified atom stereocenters. The van der Waals surface area contributed by atoms with Crippen LogP contribution in [-0.2, 0) is 10.0 Å². The molecule has 1 aliphatic rings. The van der Waals surface area contributed by atoms with Crippen LogP contribution in [0.2, 0.25) is 0 Å². The van der Waals surface area contributed by atoms with Crippen LogP contribution in [-0.4, -0.2) is 45.2 Å². The van der Waals surface area contributed by atoms with E-state index in [-0.39, 0.29) is 0 Å². The summed E-state index contributed by atoms with van der Waals surface area (Å²) in [6.07, 6.45) is 3.31. The highest BCUT2D eigenvalue weighted by atomic mass is 32.2. The predicted octanol–water partition coefficient (Wildman–Crippen LogP) is -0.0847. The van der Waals surface area contributed by atoms with Gasteiger partial charge in [0.25, 0.3) is 0 Å². The average Bonchev–Trinajstić information content (AvgIpc) is 2.65. The van der Waals surface area contributed by atoms with Crippen molar-refractivity contribution in [2.24, 2.45) is 0 Å². The molecule has 0 bridgehead atoms. The van der Waals surface area contributed by atoms with Crippen molar-refractivity contribution >= 4 is 10.0 Å². The van der Waals surface area contributed by atoms with E-state index in [1.807, 2.05) is 0 Å². The second kappa shape index (κ2) is 6.05. The molecule has 0 amide bonds. The zero-order chi connectivity index (χ0) is 11.1. The van der Waals surface area contributed by atoms with Crippen LogP contribution in [0.5, 0.6) is 0 Å². The van der Waals surface area contributed by atoms with Crippen molar-refractivity contribution in [1.82, 2.24) is 9.62 Å². The zero-order valence-corrected chi connectivity index (χ0v) is 9.59. The molecular weight excluding hydrogens is 214 g/mol. The van der Waals surface area contributed by atoms with E-state index in [1.54, 1.807) is 6.07 Å². The molecule has 0 atom stereocenters. The summed E-state index contributed by atoms with van der Waals surface area (Å²) in [6.45, 7) is 3.63. The summed E-state index contributed by atoms with van der Waals surface area (Å²) in [7, 11) is -3.36. The molecule has 5 nitrogen and oxygen atoms in total. The molecule has 86 valence electrons. The normalized spacial score (nSPS) is 17.8. The van der Waals surface area contributed by atoms with Gasteiger partial charge in [-0.25, -0.2) is 13.1 Å². The Kier molecular flexibility index (Phi) is 5.02. The molecule has 0 saturated carbocycles. The third kappa shape index (κ3) is 5.11. The summed E-state index contributed by atoms with van der Waals surface area (Å²) in [6, 6.07) is 1.63. The maximum absolute atomic E-state index is 11.1. The van der Waals surface area contributed by atoms with Gasteiger partial charge < -0.3 is 4.90 Å². The largest absolute Gasteiger partial charge is 0.303 e. The van der Waals surface area contributed by atoms with Crippen LogP contribution >= 0.6 is 0 Å². The Balaban J connectivity index is 2.08. The summed E-state index contributed by atoms with van der Waals surface area (Å²) in [5.41, 5.74) is 0. The lowest BCUT2D eigenvalue weighted by molar-refractivity contribution is 0.334. The molecule has 0 spiro atoms. The number of rotatable bonds is 6. The van der Waals surface area contributed by atoms with Crippen LogP contribution in [0.25, 0.3) is 0 Å². The monoisotopic (exact) mass is 231 g/mol. The van der Waals surface area contributed by atoms with Gasteiger partial charge in [0.1, 0.15) is 0 Å². The van der Waals surface area contributed by atoms with Crippen LogP contribution in [0, 0.1) is 11.3 Å². The molecule has 1 saturated heterocycles. The molecule has 1 rings (SSSR count). The van der Waals surface area contributed by atoms with Gasteiger partial charge in [-0.1, -0.05) is 0 Å². The second-order valence-electron chi connectivity index (χ2n) is 3.71. The van der Waals surface area contributed by atoms with Gasteiger partial charge in [-0.15, -0.1) is 0 Å². The van der Waals surface area contributed by atoms with E-state index in [1.165, 1.54) is 12.8 Å². The molecule has 6 heteroatoms. The Morgan fingerprint density at radius 3 is 2.60 bits per heavy atom. The van der Waals surface area contributed by atoms with E-state index >= 15 is 0 Å². The fourth-order valence-corrected chi connectivity index (χ4v) is 2.40. The maximum atomic E-state index is 11.1. The van der Waals surface area contributed by atoms with Gasteiger partial charge in [0, 0.05) is 6.54 Å². The molecule has 0 aromatic heterocycles. The Morgan fingerprint density at radius 1 is 1.33 bits per heavy atom. The van der Waals surface area contributed by atoms with Crippen LogP contribution in [0.1, 0.15) is 19.3 Å². The molecule has 0 aromatic carbocycles. The van der Waals surface area contributed by atoms with Crippen molar-refractivity contribution in [1.29, 1.82) is 5.26 Å². The van der Waals surface area contributed by atoms with Crippen LogP contribution in [0.3, 0.4) is 0 Å². The van der Waals surface area contributed by atoms with Gasteiger partial charge in [0.2, 0.25) is 10.0 Å². The lowest BCUT2D eigenvalue weighted by Gasteiger charge is -2.13. The highest BCUT2D eigenvalue weighted by Gasteiger charge is 2.11. The molecule has 0 aromatic rings. The minimum absolute atomic E-state index is 0.431. The van der Waals surface area contributed by atoms with Gasteiger partial charge in [0.05, 0.1) is 6.07 Å². The molecular formula is C9H17N3O2S. The molecule has 0 aliphatic carbocycles. The summed E-state index contributed by atoms with van der Waals surface area (Å²) < 4.78 is 24.6. The molecule has 1 N–H and O–H groups in total. The SMILES string of the molecule is N#CCS(=O)(=O)NCCCN1CCCC1. The van der Waals surface area contributed by atoms with E-state index in [9.17, 15) is 8.42 Å². The minimum atomic E-state index is -3.36. The number of likely N-dealkylation sites (tertiary alicyclic amines) is 1. The number of sulfonamides is 1. The molecule has 1 aliphatic heterocycles. The van der Waals surface area contributed by atoms with E-state index in [2.05, 4.69) is 9.62 Å². The fourth-order valence-electron chi connectivity index (χ4n) is 1.67. The molecule has 1 heterocycles. The van der Waals surface area contributed by atoms with Crippen molar-refractivity contribution in [3.8, 4) is 6.07 Å². The van der Waals surface area contributed by atoms with Crippen molar-refractivity contribution in [3.05, 3.63) is 0 Å². The first-order chi connectivity index (χ1) is 7.14. The number of nitrogens with one attached hydrogen (secondary N) is 1. The molecule has 15 heavy (non-hydrogen) atoms. The number of nitrogens with zero attached hydrogens (tertiary/aromatic N) is 2. The first kappa shape index (κ1) is 12.4. The van der Waals surface area contributed by atoms with Gasteiger partial charge in [-0.05, 0) is 38.9 Å². The van der Waals surface area contributed by atoms with Crippen molar-refractivity contribution in [3.63, 3.8) is 0 Å². The van der Waals surface area contributed by atoms with Gasteiger partial charge >= 0.3 is 0 Å². The standard InChI is InChI=1S/C9H17N3O2S/c10-4-9-15(13,14)11-5-3-8-12-6-1-2-7-12/h11H,1-3,5-9H2. The van der Waals surface area contributed by atoms with Crippen molar-refractivity contribution in [2.75, 3.05) is 31.9 Å². The summed E-state index contributed by atoms with van der Waals surface area (Å²) in [5.74, 6) is -0.448. The van der Waals surface area contributed by atoms with Crippen molar-refractivity contribution in [2.45, 2.75) is 19.3 Å². The topological polar surface area (TPSA) is 73.2 Å². The molecule has 1 fully saturated rings. The Morgan fingerprint density at radius 2 is 2.00 bits per heavy atom. The van der Waals surface area contributed by atoms with E-state index in [0.717, 1.165) is 26.1 Å². The van der Waals surface area contributed by atoms with E-state index in [0.29, 0.717) is 6.54 Å². The lowest BCUT2D eigenvalue weighted by Crippen LogP contribution is -2.30. The Labute approximate surface area is 91.1 Å². The van der Waals surface area contributed by atoms with Crippen molar-refractivity contribution < 1.29 is 8.42 Å². The average molecular weight is 231 g/mol.